The second-order valence-corrected chi connectivity index (χ2v) is 5.96. The van der Waals surface area contributed by atoms with Crippen molar-refractivity contribution >= 4 is 17.5 Å². The third-order valence-electron chi connectivity index (χ3n) is 3.90. The Morgan fingerprint density at radius 3 is 2.44 bits per heavy atom. The first-order valence-corrected chi connectivity index (χ1v) is 9.09. The lowest BCUT2D eigenvalue weighted by molar-refractivity contribution is 0.0954. The van der Waals surface area contributed by atoms with Gasteiger partial charge in [-0.3, -0.25) is 9.59 Å². The molecule has 0 aliphatic heterocycles. The van der Waals surface area contributed by atoms with Crippen molar-refractivity contribution in [1.82, 2.24) is 5.32 Å². The van der Waals surface area contributed by atoms with Crippen LogP contribution in [-0.4, -0.2) is 32.1 Å². The molecule has 27 heavy (non-hydrogen) atoms. The number of benzene rings is 2. The molecule has 0 saturated heterocycles. The fourth-order valence-corrected chi connectivity index (χ4v) is 2.46. The first-order chi connectivity index (χ1) is 13.1. The van der Waals surface area contributed by atoms with Crippen LogP contribution in [0.5, 0.6) is 11.5 Å². The summed E-state index contributed by atoms with van der Waals surface area (Å²) < 4.78 is 11.0. The van der Waals surface area contributed by atoms with Gasteiger partial charge in [-0.05, 0) is 49.7 Å². The van der Waals surface area contributed by atoms with Gasteiger partial charge in [0.15, 0.2) is 11.5 Å². The second kappa shape index (κ2) is 10.2. The Hall–Kier alpha value is -3.02. The minimum atomic E-state index is -0.290. The van der Waals surface area contributed by atoms with Crippen LogP contribution in [0.4, 0.5) is 5.69 Å². The fourth-order valence-electron chi connectivity index (χ4n) is 2.46. The number of anilines is 1. The number of amides is 2. The van der Waals surface area contributed by atoms with E-state index in [1.165, 1.54) is 0 Å². The number of nitrogens with one attached hydrogen (secondary N) is 2. The molecule has 0 aromatic heterocycles. The molecule has 0 aliphatic rings. The van der Waals surface area contributed by atoms with E-state index >= 15 is 0 Å². The molecule has 6 heteroatoms. The van der Waals surface area contributed by atoms with Gasteiger partial charge in [0, 0.05) is 23.4 Å². The summed E-state index contributed by atoms with van der Waals surface area (Å²) in [5.41, 5.74) is 1.48. The molecule has 2 N–H and O–H groups in total. The van der Waals surface area contributed by atoms with E-state index in [4.69, 9.17) is 9.47 Å². The van der Waals surface area contributed by atoms with Crippen LogP contribution < -0.4 is 20.1 Å². The highest BCUT2D eigenvalue weighted by Crippen LogP contribution is 2.28. The summed E-state index contributed by atoms with van der Waals surface area (Å²) in [6.07, 6.45) is 1.99. The maximum absolute atomic E-state index is 12.6. The predicted molar refractivity (Wildman–Crippen MR) is 106 cm³/mol. The highest BCUT2D eigenvalue weighted by molar-refractivity contribution is 6.05. The van der Waals surface area contributed by atoms with Crippen LogP contribution in [-0.2, 0) is 0 Å². The number of ether oxygens (including phenoxy) is 2. The Labute approximate surface area is 159 Å². The molecule has 0 unspecified atom stereocenters. The van der Waals surface area contributed by atoms with Crippen molar-refractivity contribution in [3.05, 3.63) is 53.6 Å². The Morgan fingerprint density at radius 2 is 1.74 bits per heavy atom. The molecular formula is C21H26N2O4. The molecule has 2 aromatic carbocycles. The lowest BCUT2D eigenvalue weighted by atomic mass is 10.1. The zero-order valence-electron chi connectivity index (χ0n) is 16.0. The smallest absolute Gasteiger partial charge is 0.255 e. The maximum Gasteiger partial charge on any atom is 0.255 e. The van der Waals surface area contributed by atoms with Crippen LogP contribution in [0.15, 0.2) is 42.5 Å². The van der Waals surface area contributed by atoms with Gasteiger partial charge in [-0.15, -0.1) is 0 Å². The first kappa shape index (κ1) is 20.3. The Kier molecular flexibility index (Phi) is 7.67. The molecule has 0 aliphatic carbocycles. The number of carbonyl (C=O) groups is 2. The second-order valence-electron chi connectivity index (χ2n) is 5.96. The van der Waals surface area contributed by atoms with Crippen molar-refractivity contribution in [2.45, 2.75) is 26.7 Å². The summed E-state index contributed by atoms with van der Waals surface area (Å²) in [6.45, 7) is 5.09. The number of unbranched alkanes of at least 4 members (excludes halogenated alkanes) is 1. The Bertz CT molecular complexity index is 790. The summed E-state index contributed by atoms with van der Waals surface area (Å²) in [5.74, 6) is 0.654. The average Bonchev–Trinajstić information content (AvgIpc) is 2.68. The molecular weight excluding hydrogens is 344 g/mol. The standard InChI is InChI=1S/C21H26N2O4/c1-4-6-12-27-18-11-10-16(14-19(18)26-3)21(25)23-17-9-7-8-15(13-17)20(24)22-5-2/h7-11,13-14H,4-6,12H2,1-3H3,(H,22,24)(H,23,25). The van der Waals surface area contributed by atoms with Gasteiger partial charge in [-0.25, -0.2) is 0 Å². The van der Waals surface area contributed by atoms with E-state index in [9.17, 15) is 9.59 Å². The van der Waals surface area contributed by atoms with Crippen LogP contribution in [0.2, 0.25) is 0 Å². The molecule has 0 spiro atoms. The van der Waals surface area contributed by atoms with E-state index in [2.05, 4.69) is 17.6 Å². The fraction of sp³-hybridized carbons (Fsp3) is 0.333. The number of hydrogen-bond donors (Lipinski definition) is 2. The summed E-state index contributed by atoms with van der Waals surface area (Å²) in [4.78, 5) is 24.5. The van der Waals surface area contributed by atoms with E-state index in [0.29, 0.717) is 41.5 Å². The molecule has 0 bridgehead atoms. The van der Waals surface area contributed by atoms with E-state index < -0.39 is 0 Å². The van der Waals surface area contributed by atoms with Gasteiger partial charge < -0.3 is 20.1 Å². The van der Waals surface area contributed by atoms with Crippen LogP contribution in [0, 0.1) is 0 Å². The van der Waals surface area contributed by atoms with Crippen LogP contribution >= 0.6 is 0 Å². The zero-order chi connectivity index (χ0) is 19.6. The average molecular weight is 370 g/mol. The summed E-state index contributed by atoms with van der Waals surface area (Å²) in [6, 6.07) is 11.9. The molecule has 0 atom stereocenters. The summed E-state index contributed by atoms with van der Waals surface area (Å²) in [5, 5.41) is 5.54. The molecule has 2 amide bonds. The largest absolute Gasteiger partial charge is 0.493 e. The molecule has 6 nitrogen and oxygen atoms in total. The van der Waals surface area contributed by atoms with Gasteiger partial charge in [-0.2, -0.15) is 0 Å². The third-order valence-corrected chi connectivity index (χ3v) is 3.90. The molecule has 0 heterocycles. The Balaban J connectivity index is 2.11. The van der Waals surface area contributed by atoms with Gasteiger partial charge in [0.1, 0.15) is 0 Å². The summed E-state index contributed by atoms with van der Waals surface area (Å²) in [7, 11) is 1.54. The highest BCUT2D eigenvalue weighted by Gasteiger charge is 2.12. The van der Waals surface area contributed by atoms with Gasteiger partial charge in [0.2, 0.25) is 0 Å². The van der Waals surface area contributed by atoms with Crippen molar-refractivity contribution in [3.63, 3.8) is 0 Å². The van der Waals surface area contributed by atoms with Gasteiger partial charge in [0.25, 0.3) is 11.8 Å². The molecule has 144 valence electrons. The Morgan fingerprint density at radius 1 is 0.963 bits per heavy atom. The molecule has 2 aromatic rings. The SMILES string of the molecule is CCCCOc1ccc(C(=O)Nc2cccc(C(=O)NCC)c2)cc1OC. The van der Waals surface area contributed by atoms with E-state index in [-0.39, 0.29) is 11.8 Å². The highest BCUT2D eigenvalue weighted by atomic mass is 16.5. The molecule has 0 radical (unpaired) electrons. The zero-order valence-corrected chi connectivity index (χ0v) is 16.0. The number of methoxy groups -OCH3 is 1. The number of hydrogen-bond acceptors (Lipinski definition) is 4. The van der Waals surface area contributed by atoms with Gasteiger partial charge >= 0.3 is 0 Å². The van der Waals surface area contributed by atoms with Gasteiger partial charge in [-0.1, -0.05) is 19.4 Å². The minimum absolute atomic E-state index is 0.177. The van der Waals surface area contributed by atoms with Crippen molar-refractivity contribution < 1.29 is 19.1 Å². The van der Waals surface area contributed by atoms with Gasteiger partial charge in [0.05, 0.1) is 13.7 Å². The van der Waals surface area contributed by atoms with Crippen LogP contribution in [0.25, 0.3) is 0 Å². The van der Waals surface area contributed by atoms with Crippen LogP contribution in [0.3, 0.4) is 0 Å². The van der Waals surface area contributed by atoms with Crippen molar-refractivity contribution in [2.24, 2.45) is 0 Å². The number of carbonyl (C=O) groups excluding carboxylic acids is 2. The normalized spacial score (nSPS) is 10.2. The van der Waals surface area contributed by atoms with E-state index in [0.717, 1.165) is 12.8 Å². The molecule has 0 saturated carbocycles. The predicted octanol–water partition coefficient (Wildman–Crippen LogP) is 3.88. The number of rotatable bonds is 9. The van der Waals surface area contributed by atoms with Crippen molar-refractivity contribution in [2.75, 3.05) is 25.6 Å². The van der Waals surface area contributed by atoms with E-state index in [1.54, 1.807) is 49.6 Å². The maximum atomic E-state index is 12.6. The summed E-state index contributed by atoms with van der Waals surface area (Å²) >= 11 is 0. The molecule has 2 rings (SSSR count). The van der Waals surface area contributed by atoms with Crippen LogP contribution in [0.1, 0.15) is 47.4 Å². The van der Waals surface area contributed by atoms with E-state index in [1.807, 2.05) is 6.92 Å². The topological polar surface area (TPSA) is 76.7 Å². The lowest BCUT2D eigenvalue weighted by Crippen LogP contribution is -2.22. The quantitative estimate of drug-likeness (QED) is 0.657. The van der Waals surface area contributed by atoms with Crippen molar-refractivity contribution in [1.29, 1.82) is 0 Å². The first-order valence-electron chi connectivity index (χ1n) is 9.09. The monoisotopic (exact) mass is 370 g/mol. The lowest BCUT2D eigenvalue weighted by Gasteiger charge is -2.12. The van der Waals surface area contributed by atoms with Crippen molar-refractivity contribution in [3.8, 4) is 11.5 Å². The third kappa shape index (κ3) is 5.74. The molecule has 0 fully saturated rings. The minimum Gasteiger partial charge on any atom is -0.493 e.